The second-order valence-electron chi connectivity index (χ2n) is 4.98. The van der Waals surface area contributed by atoms with Gasteiger partial charge in [0.25, 0.3) is 5.91 Å². The Morgan fingerprint density at radius 1 is 1.28 bits per heavy atom. The molecule has 0 aliphatic heterocycles. The largest absolute Gasteiger partial charge is 0.493 e. The number of aromatic nitrogens is 1. The van der Waals surface area contributed by atoms with Crippen LogP contribution in [-0.4, -0.2) is 24.7 Å². The van der Waals surface area contributed by atoms with Gasteiger partial charge in [-0.1, -0.05) is 29.0 Å². The average Bonchev–Trinajstić information content (AvgIpc) is 3.18. The van der Waals surface area contributed by atoms with Crippen LogP contribution in [0.1, 0.15) is 9.67 Å². The molecule has 0 radical (unpaired) electrons. The number of fused-ring (bicyclic) bond motifs is 1. The van der Waals surface area contributed by atoms with Gasteiger partial charge in [0.1, 0.15) is 0 Å². The molecule has 0 N–H and O–H groups in total. The smallest absolute Gasteiger partial charge is 0.289 e. The number of halogens is 1. The van der Waals surface area contributed by atoms with Crippen molar-refractivity contribution >= 4 is 50.4 Å². The number of ether oxygens (including phenoxy) is 2. The van der Waals surface area contributed by atoms with Crippen molar-refractivity contribution in [1.29, 1.82) is 0 Å². The maximum Gasteiger partial charge on any atom is 0.289 e. The van der Waals surface area contributed by atoms with E-state index in [9.17, 15) is 4.79 Å². The first kappa shape index (κ1) is 17.7. The van der Waals surface area contributed by atoms with Crippen molar-refractivity contribution in [3.63, 3.8) is 0 Å². The number of hydrogen-bond acceptors (Lipinski definition) is 5. The second-order valence-corrected chi connectivity index (χ2v) is 7.70. The number of hydrogen-bond donors (Lipinski definition) is 0. The Balaban J connectivity index is 2.19. The van der Waals surface area contributed by atoms with Crippen molar-refractivity contribution in [3.05, 3.63) is 50.9 Å². The van der Waals surface area contributed by atoms with Gasteiger partial charge in [0.15, 0.2) is 16.3 Å². The van der Waals surface area contributed by atoms with E-state index in [0.717, 1.165) is 10.2 Å². The molecule has 0 aliphatic carbocycles. The minimum Gasteiger partial charge on any atom is -0.493 e. The minimum absolute atomic E-state index is 0.319. The number of carbonyl (C=O) groups excluding carboxylic acids is 1. The zero-order valence-electron chi connectivity index (χ0n) is 13.6. The Labute approximate surface area is 157 Å². The number of allylic oxidation sites excluding steroid dienone is 1. The van der Waals surface area contributed by atoms with Crippen molar-refractivity contribution in [2.45, 2.75) is 6.54 Å². The number of rotatable bonds is 5. The number of nitrogens with zero attached hydrogens (tertiary/aromatic N) is 2. The lowest BCUT2D eigenvalue weighted by Crippen LogP contribution is -2.16. The van der Waals surface area contributed by atoms with Crippen LogP contribution in [0.5, 0.6) is 11.5 Å². The van der Waals surface area contributed by atoms with Crippen LogP contribution in [0.2, 0.25) is 4.34 Å². The third kappa shape index (κ3) is 3.49. The molecular formula is C17H15ClN2O3S2. The molecule has 0 spiro atoms. The summed E-state index contributed by atoms with van der Waals surface area (Å²) < 4.78 is 14.1. The first-order valence-corrected chi connectivity index (χ1v) is 9.29. The van der Waals surface area contributed by atoms with E-state index < -0.39 is 0 Å². The minimum atomic E-state index is -0.319. The molecule has 8 heteroatoms. The molecule has 0 fully saturated rings. The van der Waals surface area contributed by atoms with Crippen molar-refractivity contribution in [3.8, 4) is 11.5 Å². The van der Waals surface area contributed by atoms with Crippen LogP contribution in [0.15, 0.2) is 41.9 Å². The number of carbonyl (C=O) groups is 1. The van der Waals surface area contributed by atoms with Gasteiger partial charge in [-0.2, -0.15) is 4.99 Å². The third-order valence-corrected chi connectivity index (χ3v) is 5.74. The third-order valence-electron chi connectivity index (χ3n) is 3.48. The van der Waals surface area contributed by atoms with Gasteiger partial charge in [-0.05, 0) is 12.1 Å². The number of methoxy groups -OCH3 is 2. The number of amides is 1. The Morgan fingerprint density at radius 2 is 2.00 bits per heavy atom. The summed E-state index contributed by atoms with van der Waals surface area (Å²) in [5.41, 5.74) is 0.901. The summed E-state index contributed by atoms with van der Waals surface area (Å²) in [5, 5.41) is 0. The van der Waals surface area contributed by atoms with E-state index in [2.05, 4.69) is 11.6 Å². The van der Waals surface area contributed by atoms with E-state index in [1.807, 2.05) is 16.7 Å². The van der Waals surface area contributed by atoms with Gasteiger partial charge in [-0.25, -0.2) is 0 Å². The second kappa shape index (κ2) is 7.43. The highest BCUT2D eigenvalue weighted by Gasteiger charge is 2.14. The summed E-state index contributed by atoms with van der Waals surface area (Å²) in [6, 6.07) is 7.12. The van der Waals surface area contributed by atoms with Gasteiger partial charge in [-0.15, -0.1) is 17.9 Å². The van der Waals surface area contributed by atoms with E-state index in [1.165, 1.54) is 22.7 Å². The van der Waals surface area contributed by atoms with Crippen LogP contribution < -0.4 is 14.3 Å². The summed E-state index contributed by atoms with van der Waals surface area (Å²) in [4.78, 5) is 17.8. The lowest BCUT2D eigenvalue weighted by Gasteiger charge is -2.08. The van der Waals surface area contributed by atoms with Gasteiger partial charge in [0, 0.05) is 18.7 Å². The van der Waals surface area contributed by atoms with Gasteiger partial charge in [0.2, 0.25) is 0 Å². The molecule has 1 aromatic carbocycles. The molecule has 0 unspecified atom stereocenters. The van der Waals surface area contributed by atoms with Crippen LogP contribution >= 0.6 is 34.3 Å². The molecule has 2 aromatic heterocycles. The average molecular weight is 395 g/mol. The molecule has 0 aliphatic rings. The molecule has 0 saturated carbocycles. The fourth-order valence-corrected chi connectivity index (χ4v) is 4.33. The fourth-order valence-electron chi connectivity index (χ4n) is 2.36. The first-order valence-electron chi connectivity index (χ1n) is 7.28. The molecule has 1 amide bonds. The molecule has 5 nitrogen and oxygen atoms in total. The molecule has 0 bridgehead atoms. The van der Waals surface area contributed by atoms with E-state index in [1.54, 1.807) is 32.4 Å². The molecule has 25 heavy (non-hydrogen) atoms. The Morgan fingerprint density at radius 3 is 2.60 bits per heavy atom. The molecule has 2 heterocycles. The van der Waals surface area contributed by atoms with E-state index in [-0.39, 0.29) is 5.91 Å². The summed E-state index contributed by atoms with van der Waals surface area (Å²) in [6.07, 6.45) is 1.76. The van der Waals surface area contributed by atoms with Crippen LogP contribution in [-0.2, 0) is 6.54 Å². The summed E-state index contributed by atoms with van der Waals surface area (Å²) in [5.74, 6) is 0.929. The highest BCUT2D eigenvalue weighted by atomic mass is 35.5. The number of thiazole rings is 1. The molecule has 0 atom stereocenters. The molecule has 3 rings (SSSR count). The highest BCUT2D eigenvalue weighted by Crippen LogP contribution is 2.33. The molecular weight excluding hydrogens is 380 g/mol. The maximum atomic E-state index is 12.4. The van der Waals surface area contributed by atoms with Gasteiger partial charge in [0.05, 0.1) is 33.6 Å². The normalized spacial score (nSPS) is 11.7. The standard InChI is InChI=1S/C17H15ClN2O3S2/c1-4-7-20-10-8-11(22-2)12(23-3)9-14(10)25-17(20)19-16(21)13-5-6-15(18)24-13/h4-6,8-9H,1,7H2,2-3H3. The predicted molar refractivity (Wildman–Crippen MR) is 102 cm³/mol. The lowest BCUT2D eigenvalue weighted by molar-refractivity contribution is 0.100. The van der Waals surface area contributed by atoms with Crippen LogP contribution in [0.3, 0.4) is 0 Å². The van der Waals surface area contributed by atoms with Crippen LogP contribution in [0.25, 0.3) is 10.2 Å². The molecule has 3 aromatic rings. The topological polar surface area (TPSA) is 52.8 Å². The maximum absolute atomic E-state index is 12.4. The Kier molecular flexibility index (Phi) is 5.27. The predicted octanol–water partition coefficient (Wildman–Crippen LogP) is 4.36. The summed E-state index contributed by atoms with van der Waals surface area (Å²) in [7, 11) is 3.17. The summed E-state index contributed by atoms with van der Waals surface area (Å²) >= 11 is 8.52. The SMILES string of the molecule is C=CCn1c(=NC(=O)c2ccc(Cl)s2)sc2cc(OC)c(OC)cc21. The van der Waals surface area contributed by atoms with Gasteiger partial charge < -0.3 is 14.0 Å². The molecule has 0 saturated heterocycles. The lowest BCUT2D eigenvalue weighted by atomic mass is 10.3. The van der Waals surface area contributed by atoms with Crippen molar-refractivity contribution in [2.24, 2.45) is 4.99 Å². The quantitative estimate of drug-likeness (QED) is 0.604. The van der Waals surface area contributed by atoms with Crippen molar-refractivity contribution in [2.75, 3.05) is 14.2 Å². The number of thiophene rings is 1. The zero-order chi connectivity index (χ0) is 18.0. The fraction of sp³-hybridized carbons (Fsp3) is 0.176. The molecule has 130 valence electrons. The van der Waals surface area contributed by atoms with E-state index in [4.69, 9.17) is 21.1 Å². The Hall–Kier alpha value is -2.09. The van der Waals surface area contributed by atoms with Gasteiger partial charge in [-0.3, -0.25) is 4.79 Å². The van der Waals surface area contributed by atoms with E-state index in [0.29, 0.717) is 32.1 Å². The summed E-state index contributed by atoms with van der Waals surface area (Å²) in [6.45, 7) is 4.31. The van der Waals surface area contributed by atoms with Crippen LogP contribution in [0.4, 0.5) is 0 Å². The highest BCUT2D eigenvalue weighted by molar-refractivity contribution is 7.18. The monoisotopic (exact) mass is 394 g/mol. The van der Waals surface area contributed by atoms with Crippen molar-refractivity contribution < 1.29 is 14.3 Å². The first-order chi connectivity index (χ1) is 12.1. The van der Waals surface area contributed by atoms with E-state index >= 15 is 0 Å². The van der Waals surface area contributed by atoms with Crippen LogP contribution in [0, 0.1) is 0 Å². The van der Waals surface area contributed by atoms with Gasteiger partial charge >= 0.3 is 0 Å². The zero-order valence-corrected chi connectivity index (χ0v) is 16.0. The van der Waals surface area contributed by atoms with Crippen molar-refractivity contribution in [1.82, 2.24) is 4.57 Å². The Bertz CT molecular complexity index is 1020. The number of benzene rings is 1.